The first-order valence-corrected chi connectivity index (χ1v) is 11.6. The summed E-state index contributed by atoms with van der Waals surface area (Å²) >= 11 is 0. The van der Waals surface area contributed by atoms with Crippen molar-refractivity contribution in [1.82, 2.24) is 10.6 Å². The van der Waals surface area contributed by atoms with E-state index in [2.05, 4.69) is 16.7 Å². The minimum absolute atomic E-state index is 0. The summed E-state index contributed by atoms with van der Waals surface area (Å²) in [5.74, 6) is 0.0595. The minimum atomic E-state index is -0.808. The number of benzene rings is 3. The van der Waals surface area contributed by atoms with Gasteiger partial charge in [0.25, 0.3) is 0 Å². The Morgan fingerprint density at radius 1 is 0.889 bits per heavy atom. The largest absolute Gasteiger partial charge is 0.494 e. The highest BCUT2D eigenvalue weighted by atomic mass is 35.5. The molecule has 3 aromatic carbocycles. The summed E-state index contributed by atoms with van der Waals surface area (Å²) in [7, 11) is 0. The molecule has 0 unspecified atom stereocenters. The average Bonchev–Trinajstić information content (AvgIpc) is 2.89. The zero-order chi connectivity index (χ0) is 25.0. The van der Waals surface area contributed by atoms with Gasteiger partial charge < -0.3 is 21.1 Å². The lowest BCUT2D eigenvalue weighted by atomic mass is 10.0. The second-order valence-electron chi connectivity index (χ2n) is 8.17. The van der Waals surface area contributed by atoms with Gasteiger partial charge in [0.1, 0.15) is 11.8 Å². The van der Waals surface area contributed by atoms with Gasteiger partial charge in [0.2, 0.25) is 11.8 Å². The molecular weight excluding hydrogens is 476 g/mol. The first-order valence-electron chi connectivity index (χ1n) is 11.6. The van der Waals surface area contributed by atoms with Gasteiger partial charge in [0.15, 0.2) is 0 Å². The molecule has 36 heavy (non-hydrogen) atoms. The van der Waals surface area contributed by atoms with E-state index in [1.807, 2.05) is 61.5 Å². The fourth-order valence-electron chi connectivity index (χ4n) is 3.58. The first kappa shape index (κ1) is 28.4. The van der Waals surface area contributed by atoms with Crippen LogP contribution in [-0.4, -0.2) is 30.5 Å². The molecule has 0 bridgehead atoms. The van der Waals surface area contributed by atoms with Gasteiger partial charge >= 0.3 is 0 Å². The molecule has 0 fully saturated rings. The SMILES string of the molecule is CCOc1ccc(C[C@@H](N)C(=O)N[C@@H](Cc2ccccc2)C(=O)NCc2ccc(C#N)cc2)cc1.Cl. The minimum Gasteiger partial charge on any atom is -0.494 e. The Morgan fingerprint density at radius 3 is 2.11 bits per heavy atom. The topological polar surface area (TPSA) is 117 Å². The lowest BCUT2D eigenvalue weighted by molar-refractivity contribution is -0.129. The molecule has 0 spiro atoms. The van der Waals surface area contributed by atoms with Crippen molar-refractivity contribution < 1.29 is 14.3 Å². The van der Waals surface area contributed by atoms with Crippen LogP contribution in [-0.2, 0) is 29.0 Å². The summed E-state index contributed by atoms with van der Waals surface area (Å²) in [6, 6.07) is 24.4. The zero-order valence-electron chi connectivity index (χ0n) is 20.1. The highest BCUT2D eigenvalue weighted by Crippen LogP contribution is 2.13. The molecule has 188 valence electrons. The number of hydrogen-bond acceptors (Lipinski definition) is 5. The van der Waals surface area contributed by atoms with Crippen molar-refractivity contribution in [2.24, 2.45) is 5.73 Å². The Hall–Kier alpha value is -3.86. The highest BCUT2D eigenvalue weighted by molar-refractivity contribution is 5.90. The van der Waals surface area contributed by atoms with Crippen molar-refractivity contribution in [1.29, 1.82) is 5.26 Å². The molecule has 0 aromatic heterocycles. The van der Waals surface area contributed by atoms with E-state index in [1.54, 1.807) is 24.3 Å². The Bertz CT molecular complexity index is 1150. The number of amides is 2. The molecule has 3 rings (SSSR count). The van der Waals surface area contributed by atoms with E-state index in [0.29, 0.717) is 25.0 Å². The van der Waals surface area contributed by atoms with Crippen LogP contribution in [0.3, 0.4) is 0 Å². The zero-order valence-corrected chi connectivity index (χ0v) is 21.0. The van der Waals surface area contributed by atoms with Gasteiger partial charge in [-0.25, -0.2) is 0 Å². The van der Waals surface area contributed by atoms with E-state index in [4.69, 9.17) is 15.7 Å². The van der Waals surface area contributed by atoms with Crippen LogP contribution < -0.4 is 21.1 Å². The van der Waals surface area contributed by atoms with E-state index in [1.165, 1.54) is 0 Å². The molecule has 7 nitrogen and oxygen atoms in total. The molecule has 0 aliphatic heterocycles. The second-order valence-corrected chi connectivity index (χ2v) is 8.17. The molecular formula is C28H31ClN4O3. The van der Waals surface area contributed by atoms with Gasteiger partial charge in [-0.05, 0) is 54.3 Å². The molecule has 0 radical (unpaired) electrons. The van der Waals surface area contributed by atoms with Gasteiger partial charge in [-0.15, -0.1) is 12.4 Å². The quantitative estimate of drug-likeness (QED) is 0.369. The Labute approximate surface area is 218 Å². The van der Waals surface area contributed by atoms with Crippen molar-refractivity contribution >= 4 is 24.2 Å². The van der Waals surface area contributed by atoms with E-state index < -0.39 is 18.0 Å². The monoisotopic (exact) mass is 506 g/mol. The Balaban J connectivity index is 0.00000456. The third-order valence-corrected chi connectivity index (χ3v) is 5.49. The van der Waals surface area contributed by atoms with Crippen molar-refractivity contribution in [2.45, 2.75) is 38.4 Å². The van der Waals surface area contributed by atoms with Crippen LogP contribution in [0.4, 0.5) is 0 Å². The number of halogens is 1. The number of hydrogen-bond donors (Lipinski definition) is 3. The van der Waals surface area contributed by atoms with Crippen molar-refractivity contribution in [3.8, 4) is 11.8 Å². The summed E-state index contributed by atoms with van der Waals surface area (Å²) in [6.45, 7) is 2.78. The predicted octanol–water partition coefficient (Wildman–Crippen LogP) is 3.29. The smallest absolute Gasteiger partial charge is 0.243 e. The number of nitrogens with two attached hydrogens (primary N) is 1. The van der Waals surface area contributed by atoms with Crippen LogP contribution in [0.5, 0.6) is 5.75 Å². The van der Waals surface area contributed by atoms with Gasteiger partial charge in [-0.2, -0.15) is 5.26 Å². The molecule has 0 saturated carbocycles. The average molecular weight is 507 g/mol. The van der Waals surface area contributed by atoms with Crippen molar-refractivity contribution in [3.05, 3.63) is 101 Å². The highest BCUT2D eigenvalue weighted by Gasteiger charge is 2.24. The number of nitrogens with one attached hydrogen (secondary N) is 2. The van der Waals surface area contributed by atoms with Gasteiger partial charge in [-0.1, -0.05) is 54.6 Å². The summed E-state index contributed by atoms with van der Waals surface area (Å²) in [5.41, 5.74) is 9.41. The molecule has 0 saturated heterocycles. The summed E-state index contributed by atoms with van der Waals surface area (Å²) < 4.78 is 5.45. The number of nitrogens with zero attached hydrogens (tertiary/aromatic N) is 1. The van der Waals surface area contributed by atoms with Crippen LogP contribution in [0.1, 0.15) is 29.2 Å². The predicted molar refractivity (Wildman–Crippen MR) is 142 cm³/mol. The standard InChI is InChI=1S/C28H30N4O3.ClH/c1-2-35-24-14-12-21(13-15-24)16-25(30)27(33)32-26(17-20-6-4-3-5-7-20)28(34)31-19-23-10-8-22(18-29)9-11-23;/h3-15,25-26H,2,16-17,19,30H2,1H3,(H,31,34)(H,32,33);1H/t25-,26+;/m1./s1. The Morgan fingerprint density at radius 2 is 1.50 bits per heavy atom. The van der Waals surface area contributed by atoms with Crippen LogP contribution in [0.2, 0.25) is 0 Å². The number of carbonyl (C=O) groups is 2. The summed E-state index contributed by atoms with van der Waals surface area (Å²) in [4.78, 5) is 25.9. The number of nitriles is 1. The fourth-order valence-corrected chi connectivity index (χ4v) is 3.58. The second kappa shape index (κ2) is 14.5. The third kappa shape index (κ3) is 8.73. The molecule has 2 atom stereocenters. The molecule has 3 aromatic rings. The fraction of sp³-hybridized carbons (Fsp3) is 0.250. The molecule has 0 aliphatic carbocycles. The Kier molecular flexibility index (Phi) is 11.4. The first-order chi connectivity index (χ1) is 17.0. The number of carbonyl (C=O) groups excluding carboxylic acids is 2. The molecule has 8 heteroatoms. The molecule has 0 heterocycles. The van der Waals surface area contributed by atoms with Crippen molar-refractivity contribution in [3.63, 3.8) is 0 Å². The lowest BCUT2D eigenvalue weighted by Crippen LogP contribution is -2.52. The van der Waals surface area contributed by atoms with Crippen molar-refractivity contribution in [2.75, 3.05) is 6.61 Å². The number of rotatable bonds is 11. The van der Waals surface area contributed by atoms with Gasteiger partial charge in [-0.3, -0.25) is 9.59 Å². The van der Waals surface area contributed by atoms with E-state index in [0.717, 1.165) is 22.4 Å². The maximum Gasteiger partial charge on any atom is 0.243 e. The van der Waals surface area contributed by atoms with Gasteiger partial charge in [0.05, 0.1) is 24.3 Å². The third-order valence-electron chi connectivity index (χ3n) is 5.49. The van der Waals surface area contributed by atoms with Gasteiger partial charge in [0, 0.05) is 13.0 Å². The van der Waals surface area contributed by atoms with Crippen LogP contribution >= 0.6 is 12.4 Å². The molecule has 4 N–H and O–H groups in total. The molecule has 2 amide bonds. The maximum atomic E-state index is 13.0. The normalized spacial score (nSPS) is 11.8. The molecule has 0 aliphatic rings. The van der Waals surface area contributed by atoms with E-state index in [9.17, 15) is 9.59 Å². The number of ether oxygens (including phenoxy) is 1. The van der Waals surface area contributed by atoms with Crippen LogP contribution in [0, 0.1) is 11.3 Å². The van der Waals surface area contributed by atoms with Crippen LogP contribution in [0.15, 0.2) is 78.9 Å². The van der Waals surface area contributed by atoms with Crippen LogP contribution in [0.25, 0.3) is 0 Å². The maximum absolute atomic E-state index is 13.0. The summed E-state index contributed by atoms with van der Waals surface area (Å²) in [5, 5.41) is 14.6. The van der Waals surface area contributed by atoms with E-state index in [-0.39, 0.29) is 24.9 Å². The summed E-state index contributed by atoms with van der Waals surface area (Å²) in [6.07, 6.45) is 0.671. The van der Waals surface area contributed by atoms with E-state index >= 15 is 0 Å². The lowest BCUT2D eigenvalue weighted by Gasteiger charge is -2.21.